The first-order valence-electron chi connectivity index (χ1n) is 11.1. The number of pyridine rings is 1. The number of carbonyl (C=O) groups excluding carboxylic acids is 1. The Hall–Kier alpha value is -3.22. The number of benzene rings is 2. The molecular weight excluding hydrogens is 402 g/mol. The Labute approximate surface area is 188 Å². The molecule has 1 N–H and O–H groups in total. The van der Waals surface area contributed by atoms with Crippen molar-refractivity contribution >= 4 is 5.91 Å². The average Bonchev–Trinajstić information content (AvgIpc) is 2.98. The minimum absolute atomic E-state index is 0.0988. The molecule has 0 fully saturated rings. The summed E-state index contributed by atoms with van der Waals surface area (Å²) in [6.45, 7) is 3.46. The highest BCUT2D eigenvalue weighted by atomic mass is 16.5. The highest BCUT2D eigenvalue weighted by molar-refractivity contribution is 5.98. The molecule has 164 valence electrons. The van der Waals surface area contributed by atoms with Crippen LogP contribution in [0.3, 0.4) is 0 Å². The van der Waals surface area contributed by atoms with Crippen LogP contribution in [-0.4, -0.2) is 64.7 Å². The normalized spacial score (nSPS) is 17.2. The Morgan fingerprint density at radius 2 is 1.88 bits per heavy atom. The lowest BCUT2D eigenvalue weighted by Gasteiger charge is -2.32. The Balaban J connectivity index is 1.25. The van der Waals surface area contributed by atoms with E-state index in [0.29, 0.717) is 37.6 Å². The van der Waals surface area contributed by atoms with Crippen molar-refractivity contribution in [3.05, 3.63) is 83.7 Å². The van der Waals surface area contributed by atoms with Gasteiger partial charge >= 0.3 is 0 Å². The van der Waals surface area contributed by atoms with E-state index >= 15 is 0 Å². The lowest BCUT2D eigenvalue weighted by atomic mass is 10.00. The molecule has 0 unspecified atom stereocenters. The van der Waals surface area contributed by atoms with Gasteiger partial charge in [0.2, 0.25) is 0 Å². The van der Waals surface area contributed by atoms with Crippen molar-refractivity contribution < 1.29 is 14.6 Å². The van der Waals surface area contributed by atoms with Gasteiger partial charge < -0.3 is 14.7 Å². The molecule has 0 saturated carbocycles. The zero-order valence-corrected chi connectivity index (χ0v) is 18.0. The van der Waals surface area contributed by atoms with Gasteiger partial charge in [0.05, 0.1) is 18.2 Å². The minimum atomic E-state index is -0.611. The molecule has 3 heterocycles. The fraction of sp³-hybridized carbons (Fsp3) is 0.308. The molecule has 0 spiro atoms. The second-order valence-electron chi connectivity index (χ2n) is 8.46. The predicted molar refractivity (Wildman–Crippen MR) is 123 cm³/mol. The van der Waals surface area contributed by atoms with E-state index in [2.05, 4.69) is 34.1 Å². The second kappa shape index (κ2) is 9.10. The maximum atomic E-state index is 13.2. The van der Waals surface area contributed by atoms with Crippen molar-refractivity contribution in [1.82, 2.24) is 14.8 Å². The second-order valence-corrected chi connectivity index (χ2v) is 8.46. The summed E-state index contributed by atoms with van der Waals surface area (Å²) in [7, 11) is 0. The SMILES string of the molecule is O=C1c2ccc(-c3cccnc3)cc2OCCN1C[C@H](O)CN1CCc2ccccc2C1. The summed E-state index contributed by atoms with van der Waals surface area (Å²) in [6.07, 6.45) is 3.91. The molecule has 1 amide bonds. The van der Waals surface area contributed by atoms with Crippen molar-refractivity contribution in [2.75, 3.05) is 32.8 Å². The number of nitrogens with zero attached hydrogens (tertiary/aromatic N) is 3. The van der Waals surface area contributed by atoms with Crippen LogP contribution in [-0.2, 0) is 13.0 Å². The summed E-state index contributed by atoms with van der Waals surface area (Å²) in [5, 5.41) is 10.8. The highest BCUT2D eigenvalue weighted by Gasteiger charge is 2.27. The first kappa shape index (κ1) is 20.7. The Morgan fingerprint density at radius 3 is 2.72 bits per heavy atom. The molecule has 0 aliphatic carbocycles. The zero-order chi connectivity index (χ0) is 21.9. The number of aliphatic hydroxyl groups excluding tert-OH is 1. The van der Waals surface area contributed by atoms with Crippen molar-refractivity contribution in [1.29, 1.82) is 0 Å². The number of ether oxygens (including phenoxy) is 1. The molecular formula is C26H27N3O3. The Bertz CT molecular complexity index is 1100. The molecule has 6 heteroatoms. The molecule has 0 bridgehead atoms. The lowest BCUT2D eigenvalue weighted by Crippen LogP contribution is -2.44. The third-order valence-electron chi connectivity index (χ3n) is 6.22. The molecule has 6 nitrogen and oxygen atoms in total. The number of aromatic nitrogens is 1. The van der Waals surface area contributed by atoms with Gasteiger partial charge in [-0.1, -0.05) is 36.4 Å². The number of hydrogen-bond acceptors (Lipinski definition) is 5. The van der Waals surface area contributed by atoms with Gasteiger partial charge in [-0.15, -0.1) is 0 Å². The lowest BCUT2D eigenvalue weighted by molar-refractivity contribution is 0.0501. The summed E-state index contributed by atoms with van der Waals surface area (Å²) < 4.78 is 5.91. The maximum Gasteiger partial charge on any atom is 0.257 e. The molecule has 0 saturated heterocycles. The fourth-order valence-corrected chi connectivity index (χ4v) is 4.56. The van der Waals surface area contributed by atoms with E-state index in [1.54, 1.807) is 17.3 Å². The van der Waals surface area contributed by atoms with Crippen LogP contribution in [0.4, 0.5) is 0 Å². The third kappa shape index (κ3) is 4.38. The van der Waals surface area contributed by atoms with Gasteiger partial charge in [0.1, 0.15) is 12.4 Å². The van der Waals surface area contributed by atoms with Crippen LogP contribution >= 0.6 is 0 Å². The van der Waals surface area contributed by atoms with Crippen LogP contribution in [0.2, 0.25) is 0 Å². The summed E-state index contributed by atoms with van der Waals surface area (Å²) in [5.41, 5.74) is 5.19. The van der Waals surface area contributed by atoms with Gasteiger partial charge in [-0.2, -0.15) is 0 Å². The van der Waals surface area contributed by atoms with Crippen molar-refractivity contribution in [2.24, 2.45) is 0 Å². The van der Waals surface area contributed by atoms with Gasteiger partial charge in [-0.05, 0) is 41.3 Å². The Kier molecular flexibility index (Phi) is 5.88. The van der Waals surface area contributed by atoms with Crippen LogP contribution < -0.4 is 4.74 Å². The van der Waals surface area contributed by atoms with E-state index in [-0.39, 0.29) is 5.91 Å². The minimum Gasteiger partial charge on any atom is -0.491 e. The van der Waals surface area contributed by atoms with Crippen LogP contribution in [0.15, 0.2) is 67.0 Å². The van der Waals surface area contributed by atoms with Gasteiger partial charge in [-0.3, -0.25) is 14.7 Å². The maximum absolute atomic E-state index is 13.2. The summed E-state index contributed by atoms with van der Waals surface area (Å²) >= 11 is 0. The molecule has 32 heavy (non-hydrogen) atoms. The molecule has 2 aromatic carbocycles. The third-order valence-corrected chi connectivity index (χ3v) is 6.22. The number of aliphatic hydroxyl groups is 1. The van der Waals surface area contributed by atoms with Crippen LogP contribution in [0, 0.1) is 0 Å². The van der Waals surface area contributed by atoms with Gasteiger partial charge in [0.15, 0.2) is 0 Å². The molecule has 2 aliphatic heterocycles. The van der Waals surface area contributed by atoms with Gasteiger partial charge in [-0.25, -0.2) is 0 Å². The van der Waals surface area contributed by atoms with E-state index in [4.69, 9.17) is 4.74 Å². The predicted octanol–water partition coefficient (Wildman–Crippen LogP) is 3.00. The number of carbonyl (C=O) groups is 1. The van der Waals surface area contributed by atoms with Crippen LogP contribution in [0.5, 0.6) is 5.75 Å². The number of β-amino-alcohol motifs (C(OH)–C–C–N with tert-alkyl or cyclic N) is 1. The molecule has 1 atom stereocenters. The molecule has 1 aromatic heterocycles. The van der Waals surface area contributed by atoms with Gasteiger partial charge in [0.25, 0.3) is 5.91 Å². The topological polar surface area (TPSA) is 65.9 Å². The standard InChI is InChI=1S/C26H27N3O3/c30-23(17-28-11-9-19-4-1-2-5-22(19)16-28)18-29-12-13-32-25-14-20(7-8-24(25)26(29)31)21-6-3-10-27-15-21/h1-8,10,14-15,23,30H,9,11-13,16-18H2/t23-/m1/s1. The fourth-order valence-electron chi connectivity index (χ4n) is 4.56. The number of hydrogen-bond donors (Lipinski definition) is 1. The largest absolute Gasteiger partial charge is 0.491 e. The molecule has 3 aromatic rings. The molecule has 0 radical (unpaired) electrons. The number of amides is 1. The smallest absolute Gasteiger partial charge is 0.257 e. The van der Waals surface area contributed by atoms with Crippen molar-refractivity contribution in [3.8, 4) is 16.9 Å². The first-order valence-corrected chi connectivity index (χ1v) is 11.1. The first-order chi connectivity index (χ1) is 15.7. The highest BCUT2D eigenvalue weighted by Crippen LogP contribution is 2.29. The summed E-state index contributed by atoms with van der Waals surface area (Å²) in [6, 6.07) is 18.0. The molecule has 2 aliphatic rings. The average molecular weight is 430 g/mol. The summed E-state index contributed by atoms with van der Waals surface area (Å²) in [5.74, 6) is 0.485. The number of fused-ring (bicyclic) bond motifs is 2. The molecule has 5 rings (SSSR count). The number of rotatable bonds is 5. The van der Waals surface area contributed by atoms with Crippen LogP contribution in [0.1, 0.15) is 21.5 Å². The van der Waals surface area contributed by atoms with E-state index in [1.165, 1.54) is 11.1 Å². The van der Waals surface area contributed by atoms with Crippen molar-refractivity contribution in [2.45, 2.75) is 19.1 Å². The van der Waals surface area contributed by atoms with E-state index in [9.17, 15) is 9.90 Å². The quantitative estimate of drug-likeness (QED) is 0.676. The zero-order valence-electron chi connectivity index (χ0n) is 18.0. The van der Waals surface area contributed by atoms with Gasteiger partial charge in [0, 0.05) is 44.1 Å². The van der Waals surface area contributed by atoms with E-state index in [0.717, 1.165) is 30.6 Å². The van der Waals surface area contributed by atoms with E-state index in [1.807, 2.05) is 30.3 Å². The summed E-state index contributed by atoms with van der Waals surface area (Å²) in [4.78, 5) is 21.3. The Morgan fingerprint density at radius 1 is 1.00 bits per heavy atom. The van der Waals surface area contributed by atoms with Crippen molar-refractivity contribution in [3.63, 3.8) is 0 Å². The van der Waals surface area contributed by atoms with E-state index < -0.39 is 6.10 Å². The monoisotopic (exact) mass is 429 g/mol. The van der Waals surface area contributed by atoms with Crippen LogP contribution in [0.25, 0.3) is 11.1 Å².